The summed E-state index contributed by atoms with van der Waals surface area (Å²) >= 11 is 0. The molecule has 0 amide bonds. The lowest BCUT2D eigenvalue weighted by Crippen LogP contribution is -2.37. The van der Waals surface area contributed by atoms with Gasteiger partial charge in [-0.1, -0.05) is 26.7 Å². The molecule has 0 radical (unpaired) electrons. The van der Waals surface area contributed by atoms with Gasteiger partial charge < -0.3 is 0 Å². The Labute approximate surface area is 85.9 Å². The number of hydrogen-bond donors (Lipinski definition) is 0. The highest BCUT2D eigenvalue weighted by atomic mass is 19.3. The van der Waals surface area contributed by atoms with E-state index < -0.39 is 0 Å². The molecule has 2 bridgehead atoms. The quantitative estimate of drug-likeness (QED) is 0.669. The Morgan fingerprint density at radius 1 is 1.57 bits per heavy atom. The van der Waals surface area contributed by atoms with Crippen molar-refractivity contribution in [2.45, 2.75) is 58.0 Å². The van der Waals surface area contributed by atoms with Crippen molar-refractivity contribution in [2.24, 2.45) is 17.8 Å². The lowest BCUT2D eigenvalue weighted by molar-refractivity contribution is -0.254. The maximum atomic E-state index is 12.7. The molecule has 0 heterocycles. The predicted octanol–water partition coefficient (Wildman–Crippen LogP) is 3.88. The molecular weight excluding hydrogens is 179 g/mol. The first-order chi connectivity index (χ1) is 6.72. The Bertz CT molecular complexity index is 206. The molecule has 82 valence electrons. The zero-order valence-corrected chi connectivity index (χ0v) is 9.26. The third-order valence-corrected chi connectivity index (χ3v) is 4.46. The summed E-state index contributed by atoms with van der Waals surface area (Å²) in [4.78, 5) is 4.37. The van der Waals surface area contributed by atoms with Gasteiger partial charge in [-0.3, -0.25) is 0 Å². The second-order valence-corrected chi connectivity index (χ2v) is 5.36. The summed E-state index contributed by atoms with van der Waals surface area (Å²) in [6.45, 7) is 4.46. The summed E-state index contributed by atoms with van der Waals surface area (Å²) in [5.74, 6) is 1.85. The Hall–Kier alpha value is -0.110. The SMILES string of the molecule is CCCC(C)C1CC2CCC1(OF)C2. The molecule has 0 aliphatic heterocycles. The molecule has 4 atom stereocenters. The molecular formula is C12H21FO. The van der Waals surface area contributed by atoms with Crippen LogP contribution in [0.5, 0.6) is 0 Å². The molecule has 2 aliphatic carbocycles. The number of halogens is 1. The first-order valence-electron chi connectivity index (χ1n) is 6.01. The summed E-state index contributed by atoms with van der Waals surface area (Å²) in [5, 5.41) is 0. The Morgan fingerprint density at radius 2 is 2.36 bits per heavy atom. The van der Waals surface area contributed by atoms with Gasteiger partial charge in [0.05, 0.1) is 0 Å². The normalized spacial score (nSPS) is 43.1. The fourth-order valence-corrected chi connectivity index (χ4v) is 3.79. The molecule has 0 spiro atoms. The topological polar surface area (TPSA) is 9.23 Å². The third-order valence-electron chi connectivity index (χ3n) is 4.46. The number of hydrogen-bond acceptors (Lipinski definition) is 1. The molecule has 0 N–H and O–H groups in total. The van der Waals surface area contributed by atoms with Gasteiger partial charge in [0.1, 0.15) is 5.60 Å². The number of rotatable bonds is 4. The average molecular weight is 200 g/mol. The largest absolute Gasteiger partial charge is 0.187 e. The molecule has 0 aromatic rings. The molecule has 2 fully saturated rings. The molecule has 14 heavy (non-hydrogen) atoms. The monoisotopic (exact) mass is 200 g/mol. The van der Waals surface area contributed by atoms with Gasteiger partial charge in [0.25, 0.3) is 0 Å². The van der Waals surface area contributed by atoms with Crippen LogP contribution in [-0.4, -0.2) is 5.60 Å². The van der Waals surface area contributed by atoms with Gasteiger partial charge in [-0.15, -0.1) is 0 Å². The molecule has 0 saturated heterocycles. The van der Waals surface area contributed by atoms with Crippen molar-refractivity contribution in [1.82, 2.24) is 0 Å². The molecule has 4 unspecified atom stereocenters. The van der Waals surface area contributed by atoms with Crippen LogP contribution in [0.15, 0.2) is 0 Å². The van der Waals surface area contributed by atoms with E-state index in [0.717, 1.165) is 18.8 Å². The number of fused-ring (bicyclic) bond motifs is 2. The Kier molecular flexibility index (Phi) is 2.83. The molecule has 2 rings (SSSR count). The first kappa shape index (κ1) is 10.4. The van der Waals surface area contributed by atoms with Crippen molar-refractivity contribution in [3.8, 4) is 0 Å². The Balaban J connectivity index is 2.05. The zero-order chi connectivity index (χ0) is 10.2. The second-order valence-electron chi connectivity index (χ2n) is 5.36. The van der Waals surface area contributed by atoms with Crippen LogP contribution in [0.25, 0.3) is 0 Å². The first-order valence-corrected chi connectivity index (χ1v) is 6.01. The Morgan fingerprint density at radius 3 is 2.93 bits per heavy atom. The fraction of sp³-hybridized carbons (Fsp3) is 1.00. The summed E-state index contributed by atoms with van der Waals surface area (Å²) in [5.41, 5.74) is -0.376. The van der Waals surface area contributed by atoms with Crippen LogP contribution in [0.1, 0.15) is 52.4 Å². The van der Waals surface area contributed by atoms with Crippen LogP contribution in [0.3, 0.4) is 0 Å². The van der Waals surface area contributed by atoms with Crippen LogP contribution in [-0.2, 0) is 4.94 Å². The molecule has 0 aromatic carbocycles. The van der Waals surface area contributed by atoms with Crippen LogP contribution >= 0.6 is 0 Å². The van der Waals surface area contributed by atoms with E-state index in [1.807, 2.05) is 0 Å². The van der Waals surface area contributed by atoms with Gasteiger partial charge in [-0.2, -0.15) is 4.94 Å². The van der Waals surface area contributed by atoms with E-state index in [1.54, 1.807) is 0 Å². The zero-order valence-electron chi connectivity index (χ0n) is 9.26. The van der Waals surface area contributed by atoms with Crippen LogP contribution in [0.2, 0.25) is 0 Å². The van der Waals surface area contributed by atoms with Crippen molar-refractivity contribution in [1.29, 1.82) is 0 Å². The predicted molar refractivity (Wildman–Crippen MR) is 54.4 cm³/mol. The average Bonchev–Trinajstić information content (AvgIpc) is 2.75. The van der Waals surface area contributed by atoms with E-state index in [4.69, 9.17) is 0 Å². The minimum Gasteiger partial charge on any atom is -0.187 e. The molecule has 2 heteroatoms. The highest BCUT2D eigenvalue weighted by molar-refractivity contribution is 5.04. The van der Waals surface area contributed by atoms with Gasteiger partial charge in [0.15, 0.2) is 0 Å². The summed E-state index contributed by atoms with van der Waals surface area (Å²) in [7, 11) is 0. The van der Waals surface area contributed by atoms with E-state index in [2.05, 4.69) is 18.8 Å². The molecule has 0 aromatic heterocycles. The summed E-state index contributed by atoms with van der Waals surface area (Å²) in [6, 6.07) is 0. The molecule has 1 nitrogen and oxygen atoms in total. The minimum atomic E-state index is -0.376. The van der Waals surface area contributed by atoms with E-state index in [9.17, 15) is 4.53 Å². The third kappa shape index (κ3) is 1.48. The van der Waals surface area contributed by atoms with Crippen molar-refractivity contribution >= 4 is 0 Å². The maximum Gasteiger partial charge on any atom is 0.112 e. The molecule has 2 aliphatic rings. The fourth-order valence-electron chi connectivity index (χ4n) is 3.79. The van der Waals surface area contributed by atoms with Crippen LogP contribution in [0.4, 0.5) is 4.53 Å². The lowest BCUT2D eigenvalue weighted by Gasteiger charge is -2.35. The van der Waals surface area contributed by atoms with Crippen molar-refractivity contribution in [2.75, 3.05) is 0 Å². The van der Waals surface area contributed by atoms with Crippen LogP contribution < -0.4 is 0 Å². The van der Waals surface area contributed by atoms with E-state index in [1.165, 1.54) is 25.7 Å². The van der Waals surface area contributed by atoms with Crippen molar-refractivity contribution in [3.63, 3.8) is 0 Å². The van der Waals surface area contributed by atoms with Gasteiger partial charge >= 0.3 is 0 Å². The standard InChI is InChI=1S/C12H21FO/c1-3-4-9(2)11-7-10-5-6-12(11,8-10)14-13/h9-11H,3-8H2,1-2H3. The van der Waals surface area contributed by atoms with Gasteiger partial charge in [-0.05, 0) is 48.0 Å². The van der Waals surface area contributed by atoms with Crippen molar-refractivity contribution < 1.29 is 9.47 Å². The van der Waals surface area contributed by atoms with Gasteiger partial charge in [0, 0.05) is 0 Å². The summed E-state index contributed by atoms with van der Waals surface area (Å²) < 4.78 is 12.7. The minimum absolute atomic E-state index is 0.376. The van der Waals surface area contributed by atoms with Crippen molar-refractivity contribution in [3.05, 3.63) is 0 Å². The summed E-state index contributed by atoms with van der Waals surface area (Å²) in [6.07, 6.45) is 6.71. The lowest BCUT2D eigenvalue weighted by atomic mass is 9.76. The highest BCUT2D eigenvalue weighted by Gasteiger charge is 2.55. The second kappa shape index (κ2) is 3.80. The van der Waals surface area contributed by atoms with E-state index in [-0.39, 0.29) is 5.60 Å². The van der Waals surface area contributed by atoms with Gasteiger partial charge in [0.2, 0.25) is 0 Å². The van der Waals surface area contributed by atoms with Gasteiger partial charge in [-0.25, -0.2) is 0 Å². The van der Waals surface area contributed by atoms with Crippen LogP contribution in [0, 0.1) is 17.8 Å². The highest BCUT2D eigenvalue weighted by Crippen LogP contribution is 2.56. The molecule has 2 saturated carbocycles. The van der Waals surface area contributed by atoms with E-state index in [0.29, 0.717) is 11.8 Å². The maximum absolute atomic E-state index is 12.7. The van der Waals surface area contributed by atoms with E-state index >= 15 is 0 Å². The smallest absolute Gasteiger partial charge is 0.112 e.